The highest BCUT2D eigenvalue weighted by molar-refractivity contribution is 6.30. The van der Waals surface area contributed by atoms with Gasteiger partial charge in [0, 0.05) is 57.1 Å². The van der Waals surface area contributed by atoms with Crippen LogP contribution < -0.4 is 0 Å². The minimum atomic E-state index is -0.455. The third-order valence-corrected chi connectivity index (χ3v) is 15.2. The van der Waals surface area contributed by atoms with Gasteiger partial charge >= 0.3 is 5.97 Å². The summed E-state index contributed by atoms with van der Waals surface area (Å²) in [5, 5.41) is 0.727. The van der Waals surface area contributed by atoms with E-state index in [0.29, 0.717) is 60.6 Å². The predicted molar refractivity (Wildman–Crippen MR) is 202 cm³/mol. The van der Waals surface area contributed by atoms with Crippen molar-refractivity contribution in [3.63, 3.8) is 0 Å². The number of fused-ring (bicyclic) bond motifs is 7. The molecule has 0 saturated heterocycles. The Hall–Kier alpha value is -1.73. The molecule has 6 rings (SSSR count). The van der Waals surface area contributed by atoms with E-state index < -0.39 is 5.41 Å². The fourth-order valence-corrected chi connectivity index (χ4v) is 13.1. The molecule has 5 aliphatic rings. The standard InChI is InChI=1S/C43H65ClN2O4/c1-27(2)39-35(48)24-43(38(50-29(4)47)26-46(22-21-45(7)8)25-30-11-10-12-31(44)23-30)20-16-34-32(40(39)43)13-14-37-41(5)19-17-36(49-9)28(3)33(41)15-18-42(34,37)6/h10-12,23,27-28,32-34,36-38H,13-22,24-26H2,1-9H3/t28?,32?,33?,34?,36?,37?,38-,41?,42?,43?/m0/s1. The molecule has 0 N–H and O–H groups in total. The van der Waals surface area contributed by atoms with Crippen LogP contribution in [0.4, 0.5) is 0 Å². The van der Waals surface area contributed by atoms with Crippen LogP contribution in [-0.2, 0) is 25.6 Å². The molecular formula is C43H65ClN2O4. The van der Waals surface area contributed by atoms with E-state index in [-0.39, 0.29) is 29.2 Å². The monoisotopic (exact) mass is 708 g/mol. The number of esters is 1. The molecule has 278 valence electrons. The predicted octanol–water partition coefficient (Wildman–Crippen LogP) is 8.85. The molecule has 0 spiro atoms. The summed E-state index contributed by atoms with van der Waals surface area (Å²) < 4.78 is 12.5. The maximum absolute atomic E-state index is 14.3. The fraction of sp³-hybridized carbons (Fsp3) is 0.767. The van der Waals surface area contributed by atoms with Crippen LogP contribution in [0.2, 0.25) is 5.02 Å². The van der Waals surface area contributed by atoms with Gasteiger partial charge in [-0.1, -0.05) is 58.4 Å². The molecule has 5 aliphatic carbocycles. The van der Waals surface area contributed by atoms with Crippen LogP contribution >= 0.6 is 11.6 Å². The molecule has 50 heavy (non-hydrogen) atoms. The van der Waals surface area contributed by atoms with Gasteiger partial charge in [0.15, 0.2) is 5.78 Å². The molecule has 7 heteroatoms. The molecule has 10 atom stereocenters. The number of benzene rings is 1. The molecule has 0 aliphatic heterocycles. The SMILES string of the molecule is COC1CCC2(C)C(CCC3(C)C4CCC5([C@H](CN(CCN(C)C)Cc6cccc(Cl)c6)OC(C)=O)CC(=O)C(C(C)C)=C5C4CCC32)C1C. The van der Waals surface area contributed by atoms with Gasteiger partial charge in [-0.25, -0.2) is 0 Å². The van der Waals surface area contributed by atoms with Gasteiger partial charge in [-0.3, -0.25) is 14.5 Å². The Kier molecular flexibility index (Phi) is 11.1. The van der Waals surface area contributed by atoms with Crippen molar-refractivity contribution in [3.8, 4) is 0 Å². The van der Waals surface area contributed by atoms with E-state index in [1.807, 2.05) is 25.3 Å². The number of halogens is 1. The van der Waals surface area contributed by atoms with Crippen LogP contribution in [0.1, 0.15) is 105 Å². The Labute approximate surface area is 308 Å². The summed E-state index contributed by atoms with van der Waals surface area (Å²) in [6, 6.07) is 8.07. The molecule has 6 nitrogen and oxygen atoms in total. The number of nitrogens with zero attached hydrogens (tertiary/aromatic N) is 2. The molecule has 4 fully saturated rings. The van der Waals surface area contributed by atoms with Gasteiger partial charge < -0.3 is 14.4 Å². The zero-order valence-corrected chi connectivity index (χ0v) is 33.3. The number of hydrogen-bond donors (Lipinski definition) is 0. The summed E-state index contributed by atoms with van der Waals surface area (Å²) in [6.07, 6.45) is 9.76. The highest BCUT2D eigenvalue weighted by atomic mass is 35.5. The minimum Gasteiger partial charge on any atom is -0.460 e. The second kappa shape index (κ2) is 14.6. The number of carbonyl (C=O) groups is 2. The Balaban J connectivity index is 1.37. The van der Waals surface area contributed by atoms with Crippen LogP contribution in [0.5, 0.6) is 0 Å². The lowest BCUT2D eigenvalue weighted by atomic mass is 9.38. The van der Waals surface area contributed by atoms with Crippen LogP contribution in [-0.4, -0.2) is 74.6 Å². The molecule has 0 heterocycles. The van der Waals surface area contributed by atoms with Gasteiger partial charge in [-0.05, 0) is 141 Å². The average molecular weight is 709 g/mol. The Morgan fingerprint density at radius 2 is 1.70 bits per heavy atom. The van der Waals surface area contributed by atoms with Crippen molar-refractivity contribution in [1.82, 2.24) is 9.80 Å². The van der Waals surface area contributed by atoms with Gasteiger partial charge in [0.2, 0.25) is 0 Å². The quantitative estimate of drug-likeness (QED) is 0.214. The zero-order valence-electron chi connectivity index (χ0n) is 32.5. The van der Waals surface area contributed by atoms with E-state index >= 15 is 0 Å². The number of carbonyl (C=O) groups excluding carboxylic acids is 2. The largest absolute Gasteiger partial charge is 0.460 e. The van der Waals surface area contributed by atoms with Crippen LogP contribution in [0.15, 0.2) is 35.4 Å². The highest BCUT2D eigenvalue weighted by Gasteiger charge is 2.66. The maximum atomic E-state index is 14.3. The lowest BCUT2D eigenvalue weighted by molar-refractivity contribution is -0.186. The normalized spacial score (nSPS) is 37.4. The lowest BCUT2D eigenvalue weighted by Crippen LogP contribution is -2.61. The third-order valence-electron chi connectivity index (χ3n) is 15.0. The first-order chi connectivity index (χ1) is 23.6. The number of rotatable bonds is 11. The highest BCUT2D eigenvalue weighted by Crippen LogP contribution is 2.72. The molecule has 9 unspecified atom stereocenters. The molecule has 0 radical (unpaired) electrons. The number of methoxy groups -OCH3 is 1. The second-order valence-corrected chi connectivity index (χ2v) is 18.7. The number of hydrogen-bond acceptors (Lipinski definition) is 6. The molecule has 1 aromatic carbocycles. The Morgan fingerprint density at radius 3 is 2.36 bits per heavy atom. The topological polar surface area (TPSA) is 59.1 Å². The fourth-order valence-electron chi connectivity index (χ4n) is 12.9. The third kappa shape index (κ3) is 6.67. The van der Waals surface area contributed by atoms with Crippen molar-refractivity contribution < 1.29 is 19.1 Å². The van der Waals surface area contributed by atoms with Gasteiger partial charge in [-0.15, -0.1) is 0 Å². The van der Waals surface area contributed by atoms with Crippen molar-refractivity contribution in [3.05, 3.63) is 46.0 Å². The van der Waals surface area contributed by atoms with Crippen molar-refractivity contribution in [1.29, 1.82) is 0 Å². The van der Waals surface area contributed by atoms with Crippen LogP contribution in [0, 0.1) is 51.8 Å². The van der Waals surface area contributed by atoms with E-state index in [0.717, 1.165) is 54.9 Å². The lowest BCUT2D eigenvalue weighted by Gasteiger charge is -2.67. The summed E-state index contributed by atoms with van der Waals surface area (Å²) >= 11 is 6.43. The number of ketones is 1. The first kappa shape index (κ1) is 38.0. The summed E-state index contributed by atoms with van der Waals surface area (Å²) in [5.74, 6) is 3.08. The van der Waals surface area contributed by atoms with Crippen molar-refractivity contribution in [2.45, 2.75) is 118 Å². The Morgan fingerprint density at radius 1 is 1.00 bits per heavy atom. The number of Topliss-reactive ketones (excluding diaryl/α,β-unsaturated/α-hetero) is 1. The first-order valence-corrected chi connectivity index (χ1v) is 20.1. The van der Waals surface area contributed by atoms with E-state index in [1.54, 1.807) is 6.92 Å². The van der Waals surface area contributed by atoms with E-state index in [1.165, 1.54) is 31.3 Å². The molecule has 0 bridgehead atoms. The molecule has 1 aromatic rings. The Bertz CT molecular complexity index is 1460. The number of allylic oxidation sites excluding steroid dienone is 1. The van der Waals surface area contributed by atoms with Gasteiger partial charge in [0.1, 0.15) is 6.10 Å². The van der Waals surface area contributed by atoms with Gasteiger partial charge in [0.25, 0.3) is 0 Å². The molecule has 0 amide bonds. The summed E-state index contributed by atoms with van der Waals surface area (Å²) in [4.78, 5) is 32.0. The molecular weight excluding hydrogens is 644 g/mol. The molecule has 4 saturated carbocycles. The summed E-state index contributed by atoms with van der Waals surface area (Å²) in [7, 11) is 6.10. The van der Waals surface area contributed by atoms with Crippen molar-refractivity contribution >= 4 is 23.4 Å². The van der Waals surface area contributed by atoms with Crippen LogP contribution in [0.3, 0.4) is 0 Å². The summed E-state index contributed by atoms with van der Waals surface area (Å²) in [6.45, 7) is 16.7. The smallest absolute Gasteiger partial charge is 0.302 e. The van der Waals surface area contributed by atoms with E-state index in [2.05, 4.69) is 64.6 Å². The zero-order chi connectivity index (χ0) is 36.2. The second-order valence-electron chi connectivity index (χ2n) is 18.2. The minimum absolute atomic E-state index is 0.149. The van der Waals surface area contributed by atoms with Gasteiger partial charge in [0.05, 0.1) is 6.10 Å². The first-order valence-electron chi connectivity index (χ1n) is 19.7. The number of ether oxygens (including phenoxy) is 2. The maximum Gasteiger partial charge on any atom is 0.302 e. The van der Waals surface area contributed by atoms with Crippen molar-refractivity contribution in [2.24, 2.45) is 51.8 Å². The van der Waals surface area contributed by atoms with Gasteiger partial charge in [-0.2, -0.15) is 0 Å². The molecule has 0 aromatic heterocycles. The average Bonchev–Trinajstić information content (AvgIpc) is 3.36. The number of likely N-dealkylation sites (N-methyl/N-ethyl adjacent to an activating group) is 1. The van der Waals surface area contributed by atoms with Crippen LogP contribution in [0.25, 0.3) is 0 Å². The van der Waals surface area contributed by atoms with E-state index in [4.69, 9.17) is 21.1 Å². The summed E-state index contributed by atoms with van der Waals surface area (Å²) in [5.41, 5.74) is 3.70. The van der Waals surface area contributed by atoms with E-state index in [9.17, 15) is 9.59 Å². The van der Waals surface area contributed by atoms with Crippen molar-refractivity contribution in [2.75, 3.05) is 40.8 Å².